The van der Waals surface area contributed by atoms with Crippen molar-refractivity contribution in [1.82, 2.24) is 9.97 Å². The monoisotopic (exact) mass is 270 g/mol. The molecule has 4 heteroatoms. The van der Waals surface area contributed by atoms with Gasteiger partial charge >= 0.3 is 0 Å². The van der Waals surface area contributed by atoms with Crippen LogP contribution in [0.1, 0.15) is 26.2 Å². The minimum atomic E-state index is 0.672. The van der Waals surface area contributed by atoms with Crippen LogP contribution in [0.3, 0.4) is 0 Å². The Balaban J connectivity index is 1.85. The van der Waals surface area contributed by atoms with Crippen molar-refractivity contribution in [2.45, 2.75) is 26.2 Å². The van der Waals surface area contributed by atoms with E-state index in [0.29, 0.717) is 5.95 Å². The van der Waals surface area contributed by atoms with Gasteiger partial charge in [-0.05, 0) is 30.4 Å². The standard InChI is InChI=1S/C16H22N4/c1-11-6-5-7-12(11)10-18-15-13-8-3-4-9-14(13)19-16(17-2)20-15/h3-4,8-9,11-12H,5-7,10H2,1-2H3,(H2,17,18,19,20). The van der Waals surface area contributed by atoms with Crippen LogP contribution < -0.4 is 10.6 Å². The number of para-hydroxylation sites is 1. The molecular weight excluding hydrogens is 248 g/mol. The van der Waals surface area contributed by atoms with Crippen LogP contribution in [0, 0.1) is 11.8 Å². The predicted molar refractivity (Wildman–Crippen MR) is 84.1 cm³/mol. The lowest BCUT2D eigenvalue weighted by molar-refractivity contribution is 0.439. The number of hydrogen-bond donors (Lipinski definition) is 2. The lowest BCUT2D eigenvalue weighted by atomic mass is 9.98. The zero-order chi connectivity index (χ0) is 13.9. The van der Waals surface area contributed by atoms with E-state index in [9.17, 15) is 0 Å². The van der Waals surface area contributed by atoms with Crippen LogP contribution in [0.25, 0.3) is 10.9 Å². The molecule has 106 valence electrons. The normalized spacial score (nSPS) is 22.1. The zero-order valence-corrected chi connectivity index (χ0v) is 12.2. The fraction of sp³-hybridized carbons (Fsp3) is 0.500. The van der Waals surface area contributed by atoms with Gasteiger partial charge in [0.2, 0.25) is 5.95 Å². The van der Waals surface area contributed by atoms with Crippen molar-refractivity contribution in [3.8, 4) is 0 Å². The molecule has 1 saturated carbocycles. The fourth-order valence-corrected chi connectivity index (χ4v) is 3.08. The molecular formula is C16H22N4. The molecule has 0 radical (unpaired) electrons. The summed E-state index contributed by atoms with van der Waals surface area (Å²) in [6, 6.07) is 8.15. The van der Waals surface area contributed by atoms with Crippen molar-refractivity contribution < 1.29 is 0 Å². The summed E-state index contributed by atoms with van der Waals surface area (Å²) in [4.78, 5) is 9.06. The Labute approximate surface area is 120 Å². The molecule has 1 aromatic heterocycles. The summed E-state index contributed by atoms with van der Waals surface area (Å²) in [5.74, 6) is 3.20. The highest BCUT2D eigenvalue weighted by atomic mass is 15.1. The number of aromatic nitrogens is 2. The number of benzene rings is 1. The Hall–Kier alpha value is -1.84. The molecule has 3 rings (SSSR count). The molecule has 1 aromatic carbocycles. The first-order valence-corrected chi connectivity index (χ1v) is 7.46. The van der Waals surface area contributed by atoms with Gasteiger partial charge in [0.1, 0.15) is 5.82 Å². The summed E-state index contributed by atoms with van der Waals surface area (Å²) < 4.78 is 0. The fourth-order valence-electron chi connectivity index (χ4n) is 3.08. The maximum absolute atomic E-state index is 4.57. The highest BCUT2D eigenvalue weighted by Crippen LogP contribution is 2.31. The maximum atomic E-state index is 4.57. The largest absolute Gasteiger partial charge is 0.369 e. The molecule has 0 spiro atoms. The number of fused-ring (bicyclic) bond motifs is 1. The summed E-state index contributed by atoms with van der Waals surface area (Å²) in [6.07, 6.45) is 4.05. The van der Waals surface area contributed by atoms with Crippen LogP contribution in [0.15, 0.2) is 24.3 Å². The molecule has 20 heavy (non-hydrogen) atoms. The third kappa shape index (κ3) is 2.55. The van der Waals surface area contributed by atoms with Gasteiger partial charge in [-0.2, -0.15) is 4.98 Å². The van der Waals surface area contributed by atoms with Gasteiger partial charge in [0.05, 0.1) is 5.52 Å². The number of anilines is 2. The topological polar surface area (TPSA) is 49.8 Å². The van der Waals surface area contributed by atoms with Crippen LogP contribution in [-0.2, 0) is 0 Å². The molecule has 1 heterocycles. The highest BCUT2D eigenvalue weighted by Gasteiger charge is 2.23. The van der Waals surface area contributed by atoms with Crippen molar-refractivity contribution >= 4 is 22.7 Å². The maximum Gasteiger partial charge on any atom is 0.224 e. The second kappa shape index (κ2) is 5.65. The van der Waals surface area contributed by atoms with Gasteiger partial charge < -0.3 is 10.6 Å². The summed E-state index contributed by atoms with van der Waals surface area (Å²) in [7, 11) is 1.85. The zero-order valence-electron chi connectivity index (χ0n) is 12.2. The Morgan fingerprint density at radius 1 is 1.20 bits per heavy atom. The lowest BCUT2D eigenvalue weighted by Crippen LogP contribution is -2.17. The first-order valence-electron chi connectivity index (χ1n) is 7.46. The molecule has 2 aromatic rings. The van der Waals surface area contributed by atoms with Gasteiger partial charge in [0.25, 0.3) is 0 Å². The van der Waals surface area contributed by atoms with E-state index >= 15 is 0 Å². The molecule has 2 unspecified atom stereocenters. The van der Waals surface area contributed by atoms with E-state index < -0.39 is 0 Å². The molecule has 1 aliphatic carbocycles. The molecule has 2 N–H and O–H groups in total. The number of rotatable bonds is 4. The Bertz CT molecular complexity index is 596. The van der Waals surface area contributed by atoms with E-state index in [0.717, 1.165) is 35.1 Å². The number of nitrogens with zero attached hydrogens (tertiary/aromatic N) is 2. The van der Waals surface area contributed by atoms with Crippen molar-refractivity contribution in [3.63, 3.8) is 0 Å². The van der Waals surface area contributed by atoms with Crippen molar-refractivity contribution in [2.24, 2.45) is 11.8 Å². The molecule has 1 fully saturated rings. The first kappa shape index (κ1) is 13.2. The number of hydrogen-bond acceptors (Lipinski definition) is 4. The van der Waals surface area contributed by atoms with E-state index in [-0.39, 0.29) is 0 Å². The second-order valence-corrected chi connectivity index (χ2v) is 5.71. The van der Waals surface area contributed by atoms with E-state index in [1.54, 1.807) is 0 Å². The molecule has 4 nitrogen and oxygen atoms in total. The van der Waals surface area contributed by atoms with Gasteiger partial charge in [-0.1, -0.05) is 31.9 Å². The van der Waals surface area contributed by atoms with E-state index in [1.807, 2.05) is 25.2 Å². The summed E-state index contributed by atoms with van der Waals surface area (Å²) in [5.41, 5.74) is 0.980. The molecule has 0 amide bonds. The van der Waals surface area contributed by atoms with E-state index in [4.69, 9.17) is 0 Å². The minimum absolute atomic E-state index is 0.672. The molecule has 0 aliphatic heterocycles. The van der Waals surface area contributed by atoms with Crippen molar-refractivity contribution in [1.29, 1.82) is 0 Å². The van der Waals surface area contributed by atoms with Gasteiger partial charge in [-0.3, -0.25) is 0 Å². The SMILES string of the molecule is CNc1nc(NCC2CCCC2C)c2ccccc2n1. The average molecular weight is 270 g/mol. The Morgan fingerprint density at radius 2 is 2.05 bits per heavy atom. The Morgan fingerprint density at radius 3 is 2.80 bits per heavy atom. The van der Waals surface area contributed by atoms with Crippen LogP contribution in [0.2, 0.25) is 0 Å². The minimum Gasteiger partial charge on any atom is -0.369 e. The summed E-state index contributed by atoms with van der Waals surface area (Å²) >= 11 is 0. The average Bonchev–Trinajstić information content (AvgIpc) is 2.89. The molecule has 1 aliphatic rings. The Kier molecular flexibility index (Phi) is 3.72. The smallest absolute Gasteiger partial charge is 0.224 e. The van der Waals surface area contributed by atoms with Crippen LogP contribution >= 0.6 is 0 Å². The number of nitrogens with one attached hydrogen (secondary N) is 2. The van der Waals surface area contributed by atoms with Crippen molar-refractivity contribution in [3.05, 3.63) is 24.3 Å². The van der Waals surface area contributed by atoms with Crippen LogP contribution in [0.5, 0.6) is 0 Å². The highest BCUT2D eigenvalue weighted by molar-refractivity contribution is 5.89. The molecule has 2 atom stereocenters. The summed E-state index contributed by atoms with van der Waals surface area (Å²) in [5, 5.41) is 7.67. The van der Waals surface area contributed by atoms with Gasteiger partial charge in [-0.25, -0.2) is 4.98 Å². The third-order valence-corrected chi connectivity index (χ3v) is 4.40. The van der Waals surface area contributed by atoms with E-state index in [2.05, 4.69) is 33.6 Å². The van der Waals surface area contributed by atoms with Crippen LogP contribution in [-0.4, -0.2) is 23.6 Å². The third-order valence-electron chi connectivity index (χ3n) is 4.40. The summed E-state index contributed by atoms with van der Waals surface area (Å²) in [6.45, 7) is 3.36. The van der Waals surface area contributed by atoms with Gasteiger partial charge in [0.15, 0.2) is 0 Å². The molecule has 0 bridgehead atoms. The second-order valence-electron chi connectivity index (χ2n) is 5.71. The van der Waals surface area contributed by atoms with Crippen molar-refractivity contribution in [2.75, 3.05) is 24.2 Å². The quantitative estimate of drug-likeness (QED) is 0.892. The van der Waals surface area contributed by atoms with Gasteiger partial charge in [-0.15, -0.1) is 0 Å². The van der Waals surface area contributed by atoms with Crippen LogP contribution in [0.4, 0.5) is 11.8 Å². The predicted octanol–water partition coefficient (Wildman–Crippen LogP) is 3.52. The van der Waals surface area contributed by atoms with E-state index in [1.165, 1.54) is 19.3 Å². The lowest BCUT2D eigenvalue weighted by Gasteiger charge is -2.17. The van der Waals surface area contributed by atoms with Gasteiger partial charge in [0, 0.05) is 19.0 Å². The molecule has 0 saturated heterocycles. The first-order chi connectivity index (χ1) is 9.78.